The molecule has 162 valence electrons. The van der Waals surface area contributed by atoms with Gasteiger partial charge in [-0.3, -0.25) is 14.4 Å². The minimum absolute atomic E-state index is 0.00337. The zero-order valence-electron chi connectivity index (χ0n) is 16.3. The normalized spacial score (nSPS) is 24.0. The zero-order valence-corrected chi connectivity index (χ0v) is 16.3. The molecule has 2 amide bonds. The Morgan fingerprint density at radius 3 is 2.87 bits per heavy atom. The first-order valence-corrected chi connectivity index (χ1v) is 10.00. The third-order valence-corrected chi connectivity index (χ3v) is 6.15. The first-order valence-electron chi connectivity index (χ1n) is 10.00. The van der Waals surface area contributed by atoms with Gasteiger partial charge in [-0.15, -0.1) is 0 Å². The zero-order chi connectivity index (χ0) is 21.9. The Morgan fingerprint density at radius 1 is 1.26 bits per heavy atom. The van der Waals surface area contributed by atoms with Crippen molar-refractivity contribution in [3.63, 3.8) is 0 Å². The summed E-state index contributed by atoms with van der Waals surface area (Å²) in [6, 6.07) is 2.83. The van der Waals surface area contributed by atoms with Crippen LogP contribution < -0.4 is 10.7 Å². The fourth-order valence-electron chi connectivity index (χ4n) is 4.66. The molecule has 2 unspecified atom stereocenters. The fourth-order valence-corrected chi connectivity index (χ4v) is 4.66. The minimum Gasteiger partial charge on any atom is -0.503 e. The third-order valence-electron chi connectivity index (χ3n) is 6.15. The highest BCUT2D eigenvalue weighted by Gasteiger charge is 2.47. The van der Waals surface area contributed by atoms with Gasteiger partial charge in [-0.2, -0.15) is 0 Å². The van der Waals surface area contributed by atoms with Crippen molar-refractivity contribution in [2.45, 2.75) is 50.7 Å². The monoisotopic (exact) mass is 431 g/mol. The number of nitrogens with one attached hydrogen (secondary N) is 1. The van der Waals surface area contributed by atoms with Crippen LogP contribution >= 0.6 is 0 Å². The van der Waals surface area contributed by atoms with E-state index in [4.69, 9.17) is 4.74 Å². The molecule has 2 N–H and O–H groups in total. The van der Waals surface area contributed by atoms with E-state index in [0.717, 1.165) is 37.5 Å². The number of hydrogen-bond acceptors (Lipinski definition) is 5. The number of nitrogens with zero attached hydrogens (tertiary/aromatic N) is 2. The Balaban J connectivity index is 1.44. The number of halogens is 2. The van der Waals surface area contributed by atoms with Crippen molar-refractivity contribution in [1.82, 2.24) is 14.8 Å². The van der Waals surface area contributed by atoms with Crippen molar-refractivity contribution < 1.29 is 28.2 Å². The molecular weight excluding hydrogens is 412 g/mol. The summed E-state index contributed by atoms with van der Waals surface area (Å²) in [7, 11) is 0. The van der Waals surface area contributed by atoms with Gasteiger partial charge >= 0.3 is 0 Å². The predicted molar refractivity (Wildman–Crippen MR) is 102 cm³/mol. The number of aromatic nitrogens is 1. The molecule has 2 bridgehead atoms. The van der Waals surface area contributed by atoms with Gasteiger partial charge in [0, 0.05) is 24.3 Å². The smallest absolute Gasteiger partial charge is 0.276 e. The molecule has 31 heavy (non-hydrogen) atoms. The van der Waals surface area contributed by atoms with E-state index in [1.54, 1.807) is 4.90 Å². The lowest BCUT2D eigenvalue weighted by Gasteiger charge is -2.44. The number of ether oxygens (including phenoxy) is 1. The molecule has 1 saturated carbocycles. The van der Waals surface area contributed by atoms with Crippen LogP contribution in [0.25, 0.3) is 0 Å². The second kappa shape index (κ2) is 7.16. The van der Waals surface area contributed by atoms with Crippen molar-refractivity contribution >= 4 is 11.8 Å². The number of benzene rings is 1. The summed E-state index contributed by atoms with van der Waals surface area (Å²) in [5.74, 6) is -3.57. The number of rotatable bonds is 3. The molecule has 5 rings (SSSR count). The summed E-state index contributed by atoms with van der Waals surface area (Å²) in [5.41, 5.74) is -1.67. The maximum absolute atomic E-state index is 13.8. The van der Waals surface area contributed by atoms with Crippen molar-refractivity contribution in [3.8, 4) is 5.75 Å². The molecule has 3 atom stereocenters. The number of carbonyl (C=O) groups is 2. The Labute approximate surface area is 175 Å². The second-order valence-electron chi connectivity index (χ2n) is 8.03. The number of fused-ring (bicyclic) bond motifs is 5. The van der Waals surface area contributed by atoms with Crippen LogP contribution in [0.5, 0.6) is 5.75 Å². The van der Waals surface area contributed by atoms with E-state index in [2.05, 4.69) is 5.32 Å². The standard InChI is InChI=1S/C21H19F2N3O5/c22-11-1-4-15(23)10(5-11)7-24-20(29)14-8-25-9-16-26(12-2-3-13(6-12)31-16)21(30)17(25)19(28)18(14)27/h1,4-5,8,12-13,16,28H,2-3,6-7,9H2,(H,24,29)/t12-,13?,16?/m0/s1. The summed E-state index contributed by atoms with van der Waals surface area (Å²) in [5, 5.41) is 12.8. The molecule has 1 aromatic heterocycles. The molecule has 2 aliphatic heterocycles. The van der Waals surface area contributed by atoms with E-state index in [0.29, 0.717) is 0 Å². The van der Waals surface area contributed by atoms with Crippen molar-refractivity contribution in [3.05, 3.63) is 63.1 Å². The van der Waals surface area contributed by atoms with E-state index in [1.165, 1.54) is 10.8 Å². The Hall–Kier alpha value is -3.27. The first-order chi connectivity index (χ1) is 14.8. The third kappa shape index (κ3) is 3.18. The van der Waals surface area contributed by atoms with Crippen molar-refractivity contribution in [1.29, 1.82) is 0 Å². The van der Waals surface area contributed by atoms with E-state index in [9.17, 15) is 28.3 Å². The molecular formula is C21H19F2N3O5. The number of hydrogen-bond donors (Lipinski definition) is 2. The molecule has 3 aliphatic rings. The SMILES string of the molecule is O=C(NCc1cc(F)ccc1F)c1cn2c(c(O)c1=O)C(=O)N1C(C2)OC2CC[C@H]1C2. The number of pyridine rings is 1. The minimum atomic E-state index is -1.00. The summed E-state index contributed by atoms with van der Waals surface area (Å²) in [6.45, 7) is -0.188. The van der Waals surface area contributed by atoms with Crippen LogP contribution in [0.3, 0.4) is 0 Å². The molecule has 1 aliphatic carbocycles. The average molecular weight is 431 g/mol. The van der Waals surface area contributed by atoms with Gasteiger partial charge < -0.3 is 24.6 Å². The van der Waals surface area contributed by atoms with Crippen LogP contribution in [-0.2, 0) is 17.8 Å². The molecule has 8 nitrogen and oxygen atoms in total. The molecule has 2 aromatic rings. The molecule has 0 radical (unpaired) electrons. The van der Waals surface area contributed by atoms with Gasteiger partial charge in [0.15, 0.2) is 17.7 Å². The highest BCUT2D eigenvalue weighted by Crippen LogP contribution is 2.38. The molecule has 1 aromatic carbocycles. The van der Waals surface area contributed by atoms with Crippen LogP contribution in [0.15, 0.2) is 29.2 Å². The van der Waals surface area contributed by atoms with E-state index < -0.39 is 46.4 Å². The van der Waals surface area contributed by atoms with Crippen LogP contribution in [0.1, 0.15) is 45.7 Å². The van der Waals surface area contributed by atoms with Gasteiger partial charge in [0.1, 0.15) is 17.2 Å². The lowest BCUT2D eigenvalue weighted by atomic mass is 10.1. The Kier molecular flexibility index (Phi) is 4.54. The number of carbonyl (C=O) groups excluding carboxylic acids is 2. The van der Waals surface area contributed by atoms with E-state index in [-0.39, 0.29) is 36.5 Å². The maximum Gasteiger partial charge on any atom is 0.276 e. The average Bonchev–Trinajstić information content (AvgIpc) is 3.11. The summed E-state index contributed by atoms with van der Waals surface area (Å²) < 4.78 is 34.4. The molecule has 0 spiro atoms. The van der Waals surface area contributed by atoms with E-state index in [1.807, 2.05) is 0 Å². The van der Waals surface area contributed by atoms with Gasteiger partial charge in [-0.05, 0) is 37.5 Å². The molecule has 2 fully saturated rings. The van der Waals surface area contributed by atoms with Gasteiger partial charge in [-0.1, -0.05) is 0 Å². The second-order valence-corrected chi connectivity index (χ2v) is 8.03. The van der Waals surface area contributed by atoms with Gasteiger partial charge in [0.2, 0.25) is 5.43 Å². The predicted octanol–water partition coefficient (Wildman–Crippen LogP) is 1.50. The van der Waals surface area contributed by atoms with Crippen LogP contribution in [0.4, 0.5) is 8.78 Å². The summed E-state index contributed by atoms with van der Waals surface area (Å²) in [6.07, 6.45) is 3.10. The molecule has 10 heteroatoms. The van der Waals surface area contributed by atoms with Crippen LogP contribution in [0.2, 0.25) is 0 Å². The Bertz CT molecular complexity index is 1160. The van der Waals surface area contributed by atoms with E-state index >= 15 is 0 Å². The maximum atomic E-state index is 13.8. The number of amides is 2. The van der Waals surface area contributed by atoms with Crippen molar-refractivity contribution in [2.24, 2.45) is 0 Å². The summed E-state index contributed by atoms with van der Waals surface area (Å²) >= 11 is 0. The Morgan fingerprint density at radius 2 is 2.06 bits per heavy atom. The fraction of sp³-hybridized carbons (Fsp3) is 0.381. The quantitative estimate of drug-likeness (QED) is 0.767. The van der Waals surface area contributed by atoms with Gasteiger partial charge in [-0.25, -0.2) is 8.78 Å². The highest BCUT2D eigenvalue weighted by atomic mass is 19.1. The highest BCUT2D eigenvalue weighted by molar-refractivity contribution is 5.99. The van der Waals surface area contributed by atoms with Crippen LogP contribution in [-0.4, -0.2) is 44.8 Å². The molecule has 1 saturated heterocycles. The van der Waals surface area contributed by atoms with Gasteiger partial charge in [0.25, 0.3) is 11.8 Å². The largest absolute Gasteiger partial charge is 0.503 e. The first kappa shape index (κ1) is 19.7. The van der Waals surface area contributed by atoms with Gasteiger partial charge in [0.05, 0.1) is 12.6 Å². The molecule has 3 heterocycles. The van der Waals surface area contributed by atoms with Crippen molar-refractivity contribution in [2.75, 3.05) is 0 Å². The lowest BCUT2D eigenvalue weighted by Crippen LogP contribution is -2.57. The topological polar surface area (TPSA) is 101 Å². The summed E-state index contributed by atoms with van der Waals surface area (Å²) in [4.78, 5) is 39.8. The van der Waals surface area contributed by atoms with Crippen LogP contribution in [0, 0.1) is 11.6 Å². The lowest BCUT2D eigenvalue weighted by molar-refractivity contribution is -0.132. The number of aromatic hydroxyl groups is 1.